The van der Waals surface area contributed by atoms with Gasteiger partial charge in [-0.25, -0.2) is 0 Å². The third-order valence-corrected chi connectivity index (χ3v) is 4.10. The molecule has 0 atom stereocenters. The number of nitrogens with one attached hydrogen (secondary N) is 1. The fourth-order valence-electron chi connectivity index (χ4n) is 3.06. The summed E-state index contributed by atoms with van der Waals surface area (Å²) in [6.45, 7) is 1.98. The van der Waals surface area contributed by atoms with Crippen LogP contribution in [0.15, 0.2) is 18.2 Å². The lowest BCUT2D eigenvalue weighted by molar-refractivity contribution is 0.0922. The van der Waals surface area contributed by atoms with E-state index in [4.69, 9.17) is 0 Å². The molecule has 0 amide bonds. The fraction of sp³-hybridized carbons (Fsp3) is 0.533. The van der Waals surface area contributed by atoms with Gasteiger partial charge in [0.15, 0.2) is 5.78 Å². The molecule has 0 saturated heterocycles. The van der Waals surface area contributed by atoms with Crippen molar-refractivity contribution in [3.63, 3.8) is 0 Å². The summed E-state index contributed by atoms with van der Waals surface area (Å²) < 4.78 is 0. The number of carbonyl (C=O) groups excluding carboxylic acids is 1. The first kappa shape index (κ1) is 11.0. The highest BCUT2D eigenvalue weighted by Gasteiger charge is 2.24. The van der Waals surface area contributed by atoms with E-state index in [9.17, 15) is 4.79 Å². The third kappa shape index (κ3) is 2.14. The van der Waals surface area contributed by atoms with E-state index in [1.54, 1.807) is 0 Å². The highest BCUT2D eigenvalue weighted by molar-refractivity contribution is 5.98. The van der Waals surface area contributed by atoms with Crippen LogP contribution in [0.25, 0.3) is 0 Å². The summed E-state index contributed by atoms with van der Waals surface area (Å²) in [5.41, 5.74) is 3.66. The molecule has 2 aliphatic rings. The predicted octanol–water partition coefficient (Wildman–Crippen LogP) is 2.71. The Morgan fingerprint density at radius 1 is 1.18 bits per heavy atom. The normalized spacial score (nSPS) is 20.2. The topological polar surface area (TPSA) is 29.1 Å². The Kier molecular flexibility index (Phi) is 2.98. The van der Waals surface area contributed by atoms with Crippen LogP contribution in [0.1, 0.15) is 47.2 Å². The molecule has 1 aliphatic heterocycles. The Morgan fingerprint density at radius 3 is 2.82 bits per heavy atom. The molecule has 1 N–H and O–H groups in total. The van der Waals surface area contributed by atoms with E-state index in [1.807, 2.05) is 6.07 Å². The summed E-state index contributed by atoms with van der Waals surface area (Å²) in [5, 5.41) is 3.37. The van der Waals surface area contributed by atoms with Crippen molar-refractivity contribution in [1.82, 2.24) is 5.32 Å². The van der Waals surface area contributed by atoms with Crippen LogP contribution in [0.4, 0.5) is 0 Å². The maximum absolute atomic E-state index is 12.3. The van der Waals surface area contributed by atoms with Crippen molar-refractivity contribution < 1.29 is 4.79 Å². The summed E-state index contributed by atoms with van der Waals surface area (Å²) >= 11 is 0. The molecular formula is C15H19NO. The molecule has 2 nitrogen and oxygen atoms in total. The van der Waals surface area contributed by atoms with Gasteiger partial charge >= 0.3 is 0 Å². The summed E-state index contributed by atoms with van der Waals surface area (Å²) in [6, 6.07) is 6.30. The SMILES string of the molecule is O=C(c1ccc2c(c1)CNCC2)C1CCCC1. The number of benzene rings is 1. The quantitative estimate of drug-likeness (QED) is 0.790. The van der Waals surface area contributed by atoms with Gasteiger partial charge in [0.05, 0.1) is 0 Å². The lowest BCUT2D eigenvalue weighted by Crippen LogP contribution is -2.24. The van der Waals surface area contributed by atoms with Gasteiger partial charge in [-0.3, -0.25) is 4.79 Å². The average molecular weight is 229 g/mol. The molecule has 2 heteroatoms. The van der Waals surface area contributed by atoms with Crippen LogP contribution in [0.5, 0.6) is 0 Å². The maximum atomic E-state index is 12.3. The number of fused-ring (bicyclic) bond motifs is 1. The molecule has 1 heterocycles. The summed E-state index contributed by atoms with van der Waals surface area (Å²) in [4.78, 5) is 12.3. The van der Waals surface area contributed by atoms with Crippen LogP contribution < -0.4 is 5.32 Å². The van der Waals surface area contributed by atoms with Crippen molar-refractivity contribution in [2.45, 2.75) is 38.6 Å². The molecule has 0 bridgehead atoms. The molecule has 1 fully saturated rings. The Hall–Kier alpha value is -1.15. The molecular weight excluding hydrogens is 210 g/mol. The van der Waals surface area contributed by atoms with Crippen LogP contribution in [-0.4, -0.2) is 12.3 Å². The smallest absolute Gasteiger partial charge is 0.165 e. The number of hydrogen-bond acceptors (Lipinski definition) is 2. The van der Waals surface area contributed by atoms with Crippen molar-refractivity contribution in [3.8, 4) is 0 Å². The zero-order valence-corrected chi connectivity index (χ0v) is 10.2. The number of ketones is 1. The molecule has 0 radical (unpaired) electrons. The second-order valence-electron chi connectivity index (χ2n) is 5.26. The Labute approximate surface area is 102 Å². The van der Waals surface area contributed by atoms with Crippen LogP contribution in [0, 0.1) is 5.92 Å². The van der Waals surface area contributed by atoms with Crippen molar-refractivity contribution in [3.05, 3.63) is 34.9 Å². The van der Waals surface area contributed by atoms with Gasteiger partial charge in [-0.15, -0.1) is 0 Å². The summed E-state index contributed by atoms with van der Waals surface area (Å²) in [5.74, 6) is 0.667. The minimum absolute atomic E-state index is 0.296. The zero-order valence-electron chi connectivity index (χ0n) is 10.2. The van der Waals surface area contributed by atoms with Gasteiger partial charge in [0, 0.05) is 18.0 Å². The Bertz CT molecular complexity index is 433. The molecule has 1 aromatic rings. The number of carbonyl (C=O) groups is 1. The van der Waals surface area contributed by atoms with Crippen molar-refractivity contribution in [1.29, 1.82) is 0 Å². The third-order valence-electron chi connectivity index (χ3n) is 4.10. The molecule has 0 unspecified atom stereocenters. The van der Waals surface area contributed by atoms with E-state index in [1.165, 1.54) is 24.0 Å². The molecule has 0 aromatic heterocycles. The molecule has 3 rings (SSSR count). The van der Waals surface area contributed by atoms with E-state index in [0.29, 0.717) is 11.7 Å². The molecule has 1 aliphatic carbocycles. The predicted molar refractivity (Wildman–Crippen MR) is 68.1 cm³/mol. The highest BCUT2D eigenvalue weighted by atomic mass is 16.1. The van der Waals surface area contributed by atoms with Gasteiger partial charge in [-0.2, -0.15) is 0 Å². The van der Waals surface area contributed by atoms with Crippen LogP contribution in [0.3, 0.4) is 0 Å². The van der Waals surface area contributed by atoms with Gasteiger partial charge in [0.25, 0.3) is 0 Å². The van der Waals surface area contributed by atoms with Crippen molar-refractivity contribution in [2.24, 2.45) is 5.92 Å². The Morgan fingerprint density at radius 2 is 2.00 bits per heavy atom. The monoisotopic (exact) mass is 229 g/mol. The second-order valence-corrected chi connectivity index (χ2v) is 5.26. The average Bonchev–Trinajstić information content (AvgIpc) is 2.91. The minimum atomic E-state index is 0.296. The number of Topliss-reactive ketones (excluding diaryl/α,β-unsaturated/α-hetero) is 1. The standard InChI is InChI=1S/C15H19NO/c17-15(12-3-1-2-4-12)13-6-5-11-7-8-16-10-14(11)9-13/h5-6,9,12,16H,1-4,7-8,10H2. The largest absolute Gasteiger partial charge is 0.312 e. The van der Waals surface area contributed by atoms with Crippen molar-refractivity contribution in [2.75, 3.05) is 6.54 Å². The van der Waals surface area contributed by atoms with Gasteiger partial charge in [-0.1, -0.05) is 25.0 Å². The minimum Gasteiger partial charge on any atom is -0.312 e. The maximum Gasteiger partial charge on any atom is 0.165 e. The van der Waals surface area contributed by atoms with E-state index < -0.39 is 0 Å². The van der Waals surface area contributed by atoms with Crippen LogP contribution in [-0.2, 0) is 13.0 Å². The number of hydrogen-bond donors (Lipinski definition) is 1. The van der Waals surface area contributed by atoms with E-state index in [2.05, 4.69) is 17.4 Å². The molecule has 1 aromatic carbocycles. The summed E-state index contributed by atoms with van der Waals surface area (Å²) in [7, 11) is 0. The van der Waals surface area contributed by atoms with Crippen LogP contribution in [0.2, 0.25) is 0 Å². The zero-order chi connectivity index (χ0) is 11.7. The highest BCUT2D eigenvalue weighted by Crippen LogP contribution is 2.28. The van der Waals surface area contributed by atoms with E-state index in [0.717, 1.165) is 37.9 Å². The van der Waals surface area contributed by atoms with E-state index in [-0.39, 0.29) is 0 Å². The van der Waals surface area contributed by atoms with Gasteiger partial charge in [0.1, 0.15) is 0 Å². The summed E-state index contributed by atoms with van der Waals surface area (Å²) in [6.07, 6.45) is 5.72. The molecule has 90 valence electrons. The first-order valence-electron chi connectivity index (χ1n) is 6.71. The van der Waals surface area contributed by atoms with Crippen LogP contribution >= 0.6 is 0 Å². The Balaban J connectivity index is 1.85. The van der Waals surface area contributed by atoms with Crippen molar-refractivity contribution >= 4 is 5.78 Å². The van der Waals surface area contributed by atoms with Gasteiger partial charge in [-0.05, 0) is 43.0 Å². The molecule has 17 heavy (non-hydrogen) atoms. The van der Waals surface area contributed by atoms with Gasteiger partial charge in [0.2, 0.25) is 0 Å². The lowest BCUT2D eigenvalue weighted by atomic mass is 9.92. The number of rotatable bonds is 2. The molecule has 1 saturated carbocycles. The lowest BCUT2D eigenvalue weighted by Gasteiger charge is -2.18. The fourth-order valence-corrected chi connectivity index (χ4v) is 3.06. The molecule has 0 spiro atoms. The van der Waals surface area contributed by atoms with E-state index >= 15 is 0 Å². The second kappa shape index (κ2) is 4.61. The first-order valence-corrected chi connectivity index (χ1v) is 6.71. The first-order chi connectivity index (χ1) is 8.34. The van der Waals surface area contributed by atoms with Gasteiger partial charge < -0.3 is 5.32 Å².